The van der Waals surface area contributed by atoms with Crippen molar-refractivity contribution < 1.29 is 13.2 Å². The van der Waals surface area contributed by atoms with Crippen LogP contribution in [-0.4, -0.2) is 14.3 Å². The molecule has 110 valence electrons. The summed E-state index contributed by atoms with van der Waals surface area (Å²) in [4.78, 5) is 12.0. The monoisotopic (exact) mass is 303 g/mol. The lowest BCUT2D eigenvalue weighted by molar-refractivity contribution is 0.0981. The van der Waals surface area contributed by atoms with Gasteiger partial charge < -0.3 is 0 Å². The van der Waals surface area contributed by atoms with Gasteiger partial charge in [0.15, 0.2) is 0 Å². The number of hydrogen-bond acceptors (Lipinski definition) is 3. The Morgan fingerprint density at radius 3 is 2.05 bits per heavy atom. The van der Waals surface area contributed by atoms with Crippen molar-refractivity contribution in [2.24, 2.45) is 0 Å². The van der Waals surface area contributed by atoms with Gasteiger partial charge in [-0.2, -0.15) is 0 Å². The molecule has 1 N–H and O–H groups in total. The molecule has 1 amide bonds. The molecule has 0 atom stereocenters. The van der Waals surface area contributed by atoms with Crippen molar-refractivity contribution in [3.8, 4) is 0 Å². The molecule has 0 saturated heterocycles. The Labute approximate surface area is 124 Å². The summed E-state index contributed by atoms with van der Waals surface area (Å²) in [6, 6.07) is 14.8. The lowest BCUT2D eigenvalue weighted by Crippen LogP contribution is -2.30. The fourth-order valence-electron chi connectivity index (χ4n) is 1.86. The van der Waals surface area contributed by atoms with Gasteiger partial charge in [0.05, 0.1) is 4.90 Å². The highest BCUT2D eigenvalue weighted by atomic mass is 32.2. The third kappa shape index (κ3) is 3.70. The minimum atomic E-state index is -3.85. The first-order chi connectivity index (χ1) is 9.90. The third-order valence-electron chi connectivity index (χ3n) is 3.12. The minimum Gasteiger partial charge on any atom is -0.268 e. The lowest BCUT2D eigenvalue weighted by Gasteiger charge is -2.09. The van der Waals surface area contributed by atoms with Gasteiger partial charge in [0.2, 0.25) is 0 Å². The number of carbonyl (C=O) groups is 1. The van der Waals surface area contributed by atoms with Crippen LogP contribution in [0.1, 0.15) is 35.7 Å². The van der Waals surface area contributed by atoms with Crippen molar-refractivity contribution in [3.05, 3.63) is 65.7 Å². The molecular weight excluding hydrogens is 286 g/mol. The van der Waals surface area contributed by atoms with Crippen LogP contribution in [0.2, 0.25) is 0 Å². The van der Waals surface area contributed by atoms with E-state index in [1.807, 2.05) is 13.8 Å². The summed E-state index contributed by atoms with van der Waals surface area (Å²) in [6.07, 6.45) is 0. The summed E-state index contributed by atoms with van der Waals surface area (Å²) in [6.45, 7) is 4.06. The van der Waals surface area contributed by atoms with Gasteiger partial charge in [0, 0.05) is 5.56 Å². The molecule has 0 bridgehead atoms. The number of benzene rings is 2. The summed E-state index contributed by atoms with van der Waals surface area (Å²) in [5, 5.41) is 0. The second-order valence-electron chi connectivity index (χ2n) is 5.02. The smallest absolute Gasteiger partial charge is 0.264 e. The van der Waals surface area contributed by atoms with Gasteiger partial charge in [0.1, 0.15) is 0 Å². The lowest BCUT2D eigenvalue weighted by atomic mass is 10.0. The Bertz CT molecular complexity index is 720. The third-order valence-corrected chi connectivity index (χ3v) is 4.47. The first-order valence-corrected chi connectivity index (χ1v) is 8.10. The van der Waals surface area contributed by atoms with Crippen LogP contribution >= 0.6 is 0 Å². The van der Waals surface area contributed by atoms with Crippen molar-refractivity contribution >= 4 is 15.9 Å². The predicted octanol–water partition coefficient (Wildman–Crippen LogP) is 2.93. The van der Waals surface area contributed by atoms with Crippen LogP contribution in [0, 0.1) is 0 Å². The zero-order valence-electron chi connectivity index (χ0n) is 11.9. The number of sulfonamides is 1. The molecule has 5 heteroatoms. The highest BCUT2D eigenvalue weighted by molar-refractivity contribution is 7.90. The molecule has 21 heavy (non-hydrogen) atoms. The van der Waals surface area contributed by atoms with Crippen LogP contribution in [0.25, 0.3) is 0 Å². The number of rotatable bonds is 4. The fraction of sp³-hybridized carbons (Fsp3) is 0.188. The van der Waals surface area contributed by atoms with Gasteiger partial charge in [-0.3, -0.25) is 4.79 Å². The normalized spacial score (nSPS) is 11.4. The van der Waals surface area contributed by atoms with E-state index in [2.05, 4.69) is 4.72 Å². The Balaban J connectivity index is 2.20. The van der Waals surface area contributed by atoms with Crippen LogP contribution in [0.5, 0.6) is 0 Å². The molecule has 0 radical (unpaired) electrons. The molecule has 0 spiro atoms. The average molecular weight is 303 g/mol. The highest BCUT2D eigenvalue weighted by Gasteiger charge is 2.18. The van der Waals surface area contributed by atoms with E-state index < -0.39 is 15.9 Å². The fourth-order valence-corrected chi connectivity index (χ4v) is 2.84. The maximum Gasteiger partial charge on any atom is 0.264 e. The summed E-state index contributed by atoms with van der Waals surface area (Å²) in [5.74, 6) is -0.316. The Morgan fingerprint density at radius 1 is 0.952 bits per heavy atom. The van der Waals surface area contributed by atoms with Crippen LogP contribution in [-0.2, 0) is 10.0 Å². The second-order valence-corrected chi connectivity index (χ2v) is 6.71. The maximum atomic E-state index is 12.2. The van der Waals surface area contributed by atoms with E-state index in [4.69, 9.17) is 0 Å². The first-order valence-electron chi connectivity index (χ1n) is 6.62. The Kier molecular flexibility index (Phi) is 4.43. The first kappa shape index (κ1) is 15.3. The molecule has 2 aromatic carbocycles. The van der Waals surface area contributed by atoms with E-state index >= 15 is 0 Å². The summed E-state index contributed by atoms with van der Waals surface area (Å²) in [5.41, 5.74) is 1.35. The van der Waals surface area contributed by atoms with E-state index in [0.29, 0.717) is 11.5 Å². The number of amides is 1. The molecule has 0 aliphatic rings. The van der Waals surface area contributed by atoms with E-state index in [-0.39, 0.29) is 4.90 Å². The topological polar surface area (TPSA) is 63.2 Å². The van der Waals surface area contributed by atoms with Crippen LogP contribution in [0.3, 0.4) is 0 Å². The molecular formula is C16H17NO3S. The van der Waals surface area contributed by atoms with E-state index in [9.17, 15) is 13.2 Å². The van der Waals surface area contributed by atoms with E-state index in [0.717, 1.165) is 5.56 Å². The standard InChI is InChI=1S/C16H17NO3S/c1-12(2)13-8-10-15(11-9-13)21(19,20)17-16(18)14-6-4-3-5-7-14/h3-12H,1-2H3,(H,17,18). The predicted molar refractivity (Wildman–Crippen MR) is 81.6 cm³/mol. The molecule has 0 saturated carbocycles. The molecule has 2 rings (SSSR count). The zero-order valence-corrected chi connectivity index (χ0v) is 12.7. The molecule has 0 aromatic heterocycles. The van der Waals surface area contributed by atoms with E-state index in [1.54, 1.807) is 42.5 Å². The summed E-state index contributed by atoms with van der Waals surface area (Å²) >= 11 is 0. The number of nitrogens with one attached hydrogen (secondary N) is 1. The van der Waals surface area contributed by atoms with Crippen molar-refractivity contribution in [2.75, 3.05) is 0 Å². The van der Waals surface area contributed by atoms with Gasteiger partial charge >= 0.3 is 0 Å². The molecule has 0 heterocycles. The molecule has 4 nitrogen and oxygen atoms in total. The number of carbonyl (C=O) groups excluding carboxylic acids is 1. The quantitative estimate of drug-likeness (QED) is 0.944. The van der Waals surface area contributed by atoms with Crippen LogP contribution in [0.15, 0.2) is 59.5 Å². The van der Waals surface area contributed by atoms with Crippen LogP contribution < -0.4 is 4.72 Å². The molecule has 0 unspecified atom stereocenters. The van der Waals surface area contributed by atoms with Crippen LogP contribution in [0.4, 0.5) is 0 Å². The molecule has 0 fully saturated rings. The van der Waals surface area contributed by atoms with Crippen molar-refractivity contribution in [2.45, 2.75) is 24.7 Å². The Morgan fingerprint density at radius 2 is 1.52 bits per heavy atom. The zero-order chi connectivity index (χ0) is 15.5. The molecule has 2 aromatic rings. The van der Waals surface area contributed by atoms with Gasteiger partial charge in [-0.05, 0) is 35.7 Å². The largest absolute Gasteiger partial charge is 0.268 e. The summed E-state index contributed by atoms with van der Waals surface area (Å²) in [7, 11) is -3.85. The van der Waals surface area contributed by atoms with Crippen molar-refractivity contribution in [1.82, 2.24) is 4.72 Å². The highest BCUT2D eigenvalue weighted by Crippen LogP contribution is 2.17. The molecule has 0 aliphatic carbocycles. The van der Waals surface area contributed by atoms with Gasteiger partial charge in [-0.15, -0.1) is 0 Å². The Hall–Kier alpha value is -2.14. The minimum absolute atomic E-state index is 0.0798. The van der Waals surface area contributed by atoms with Gasteiger partial charge in [-0.1, -0.05) is 44.2 Å². The summed E-state index contributed by atoms with van der Waals surface area (Å²) < 4.78 is 26.4. The second kappa shape index (κ2) is 6.10. The van der Waals surface area contributed by atoms with Gasteiger partial charge in [-0.25, -0.2) is 13.1 Å². The molecule has 0 aliphatic heterocycles. The van der Waals surface area contributed by atoms with Gasteiger partial charge in [0.25, 0.3) is 15.9 Å². The maximum absolute atomic E-state index is 12.2. The number of hydrogen-bond donors (Lipinski definition) is 1. The SMILES string of the molecule is CC(C)c1ccc(S(=O)(=O)NC(=O)c2ccccc2)cc1. The van der Waals surface area contributed by atoms with Crippen molar-refractivity contribution in [1.29, 1.82) is 0 Å². The van der Waals surface area contributed by atoms with E-state index in [1.165, 1.54) is 12.1 Å². The van der Waals surface area contributed by atoms with Crippen molar-refractivity contribution in [3.63, 3.8) is 0 Å². The average Bonchev–Trinajstić information content (AvgIpc) is 2.48.